The molecule has 2 aromatic carbocycles. The van der Waals surface area contributed by atoms with Gasteiger partial charge >= 0.3 is 6.18 Å². The average molecular weight is 507 g/mol. The molecule has 0 spiro atoms. The Morgan fingerprint density at radius 1 is 0.909 bits per heavy atom. The lowest BCUT2D eigenvalue weighted by Gasteiger charge is -2.40. The van der Waals surface area contributed by atoms with E-state index in [1.165, 1.54) is 16.4 Å². The van der Waals surface area contributed by atoms with Crippen molar-refractivity contribution in [1.82, 2.24) is 4.31 Å². The predicted octanol–water partition coefficient (Wildman–Crippen LogP) is 2.76. The molecule has 0 aromatic heterocycles. The second kappa shape index (κ2) is 8.57. The van der Waals surface area contributed by atoms with Crippen molar-refractivity contribution in [2.75, 3.05) is 30.8 Å². The van der Waals surface area contributed by atoms with E-state index >= 15 is 0 Å². The van der Waals surface area contributed by atoms with Crippen LogP contribution in [0.3, 0.4) is 0 Å². The van der Waals surface area contributed by atoms with E-state index in [1.807, 2.05) is 4.90 Å². The van der Waals surface area contributed by atoms with Gasteiger partial charge in [0.15, 0.2) is 15.4 Å². The minimum atomic E-state index is -4.91. The van der Waals surface area contributed by atoms with E-state index in [1.54, 1.807) is 19.1 Å². The van der Waals surface area contributed by atoms with E-state index in [2.05, 4.69) is 0 Å². The maximum atomic E-state index is 13.1. The van der Waals surface area contributed by atoms with Gasteiger partial charge in [-0.1, -0.05) is 12.1 Å². The molecule has 1 aliphatic heterocycles. The number of aliphatic hydroxyl groups is 1. The van der Waals surface area contributed by atoms with Gasteiger partial charge in [-0.15, -0.1) is 0 Å². The number of halogens is 3. The number of piperazine rings is 1. The Labute approximate surface area is 191 Å². The van der Waals surface area contributed by atoms with Crippen molar-refractivity contribution in [3.8, 4) is 0 Å². The summed E-state index contributed by atoms with van der Waals surface area (Å²) >= 11 is 0. The van der Waals surface area contributed by atoms with Crippen LogP contribution in [0.25, 0.3) is 0 Å². The van der Waals surface area contributed by atoms with Crippen LogP contribution in [-0.2, 0) is 25.5 Å². The molecule has 182 valence electrons. The summed E-state index contributed by atoms with van der Waals surface area (Å²) in [5, 5.41) is 9.78. The molecule has 1 unspecified atom stereocenters. The number of benzene rings is 2. The van der Waals surface area contributed by atoms with Gasteiger partial charge in [0, 0.05) is 37.6 Å². The summed E-state index contributed by atoms with van der Waals surface area (Å²) in [5.41, 5.74) is -2.80. The zero-order valence-corrected chi connectivity index (χ0v) is 19.9. The van der Waals surface area contributed by atoms with Crippen LogP contribution in [0, 0.1) is 0 Å². The SMILES string of the molecule is C[C@@H]1CN(c2ccc(S(C)(=O)=O)cc2)CCN1S(=O)(=O)c1ccc(C(C)(O)C(F)(F)F)cc1. The Kier molecular flexibility index (Phi) is 6.61. The van der Waals surface area contributed by atoms with Gasteiger partial charge in [-0.2, -0.15) is 17.5 Å². The third kappa shape index (κ3) is 5.03. The van der Waals surface area contributed by atoms with E-state index in [0.29, 0.717) is 20.0 Å². The molecule has 1 N–H and O–H groups in total. The summed E-state index contributed by atoms with van der Waals surface area (Å²) in [5.74, 6) is 0. The van der Waals surface area contributed by atoms with Crippen molar-refractivity contribution in [2.24, 2.45) is 0 Å². The zero-order valence-electron chi connectivity index (χ0n) is 18.2. The Morgan fingerprint density at radius 2 is 1.42 bits per heavy atom. The number of anilines is 1. The molecule has 1 aliphatic rings. The van der Waals surface area contributed by atoms with E-state index in [4.69, 9.17) is 0 Å². The lowest BCUT2D eigenvalue weighted by atomic mass is 9.96. The highest BCUT2D eigenvalue weighted by atomic mass is 32.2. The minimum absolute atomic E-state index is 0.138. The molecule has 2 atom stereocenters. The second-order valence-electron chi connectivity index (χ2n) is 8.27. The largest absolute Gasteiger partial charge is 0.421 e. The molecule has 33 heavy (non-hydrogen) atoms. The quantitative estimate of drug-likeness (QED) is 0.670. The Bertz CT molecular complexity index is 1210. The van der Waals surface area contributed by atoms with Crippen LogP contribution >= 0.6 is 0 Å². The van der Waals surface area contributed by atoms with Crippen molar-refractivity contribution in [2.45, 2.75) is 41.5 Å². The summed E-state index contributed by atoms with van der Waals surface area (Å²) in [7, 11) is -7.30. The molecule has 0 amide bonds. The van der Waals surface area contributed by atoms with Gasteiger partial charge in [0.2, 0.25) is 10.0 Å². The maximum absolute atomic E-state index is 13.1. The normalized spacial score (nSPS) is 20.5. The van der Waals surface area contributed by atoms with E-state index in [-0.39, 0.29) is 16.3 Å². The minimum Gasteiger partial charge on any atom is -0.376 e. The van der Waals surface area contributed by atoms with Gasteiger partial charge in [-0.05, 0) is 55.8 Å². The van der Waals surface area contributed by atoms with Crippen molar-refractivity contribution in [1.29, 1.82) is 0 Å². The molecule has 1 saturated heterocycles. The summed E-state index contributed by atoms with van der Waals surface area (Å²) in [6.45, 7) is 3.16. The van der Waals surface area contributed by atoms with Crippen molar-refractivity contribution in [3.05, 3.63) is 54.1 Å². The smallest absolute Gasteiger partial charge is 0.376 e. The molecule has 0 saturated carbocycles. The monoisotopic (exact) mass is 506 g/mol. The lowest BCUT2D eigenvalue weighted by Crippen LogP contribution is -2.54. The first-order chi connectivity index (χ1) is 15.0. The number of rotatable bonds is 5. The highest BCUT2D eigenvalue weighted by molar-refractivity contribution is 7.90. The fraction of sp³-hybridized carbons (Fsp3) is 0.429. The fourth-order valence-electron chi connectivity index (χ4n) is 3.69. The van der Waals surface area contributed by atoms with E-state index < -0.39 is 43.2 Å². The van der Waals surface area contributed by atoms with Gasteiger partial charge in [-0.25, -0.2) is 16.8 Å². The fourth-order valence-corrected chi connectivity index (χ4v) is 5.93. The number of nitrogens with zero attached hydrogens (tertiary/aromatic N) is 2. The third-order valence-electron chi connectivity index (χ3n) is 5.77. The molecule has 0 aliphatic carbocycles. The molecule has 12 heteroatoms. The summed E-state index contributed by atoms with van der Waals surface area (Å²) in [6, 6.07) is 9.93. The zero-order chi connectivity index (χ0) is 24.8. The Morgan fingerprint density at radius 3 is 1.88 bits per heavy atom. The van der Waals surface area contributed by atoms with Gasteiger partial charge in [-0.3, -0.25) is 0 Å². The number of alkyl halides is 3. The molecular formula is C21H25F3N2O5S2. The summed E-state index contributed by atoms with van der Waals surface area (Å²) in [4.78, 5) is 1.96. The standard InChI is InChI=1S/C21H25F3N2O5S2/c1-15-14-25(17-6-10-18(11-7-17)32(3,28)29)12-13-26(15)33(30,31)19-8-4-16(5-9-19)20(2,27)21(22,23)24/h4-11,15,27H,12-14H2,1-3H3/t15-,20?/m1/s1. The molecule has 1 heterocycles. The van der Waals surface area contributed by atoms with Crippen molar-refractivity contribution in [3.63, 3.8) is 0 Å². The van der Waals surface area contributed by atoms with Crippen molar-refractivity contribution < 1.29 is 35.1 Å². The summed E-state index contributed by atoms with van der Waals surface area (Å²) in [6.07, 6.45) is -3.79. The first-order valence-electron chi connectivity index (χ1n) is 10.0. The second-order valence-corrected chi connectivity index (χ2v) is 12.2. The van der Waals surface area contributed by atoms with Crippen LogP contribution < -0.4 is 4.90 Å². The molecule has 1 fully saturated rings. The van der Waals surface area contributed by atoms with E-state index in [9.17, 15) is 35.1 Å². The highest BCUT2D eigenvalue weighted by Crippen LogP contribution is 2.38. The van der Waals surface area contributed by atoms with Crippen LogP contribution in [0.4, 0.5) is 18.9 Å². The first kappa shape index (κ1) is 25.5. The van der Waals surface area contributed by atoms with Crippen LogP contribution in [0.2, 0.25) is 0 Å². The van der Waals surface area contributed by atoms with Crippen LogP contribution in [0.5, 0.6) is 0 Å². The predicted molar refractivity (Wildman–Crippen MR) is 117 cm³/mol. The van der Waals surface area contributed by atoms with Crippen LogP contribution in [0.15, 0.2) is 58.3 Å². The molecule has 2 aromatic rings. The van der Waals surface area contributed by atoms with Gasteiger partial charge in [0.05, 0.1) is 9.79 Å². The average Bonchev–Trinajstić information content (AvgIpc) is 2.72. The van der Waals surface area contributed by atoms with E-state index in [0.717, 1.165) is 36.2 Å². The topological polar surface area (TPSA) is 95.0 Å². The Balaban J connectivity index is 1.77. The molecular weight excluding hydrogens is 481 g/mol. The van der Waals surface area contributed by atoms with Gasteiger partial charge in [0.25, 0.3) is 0 Å². The summed E-state index contributed by atoms with van der Waals surface area (Å²) < 4.78 is 89.9. The molecule has 3 rings (SSSR count). The number of sulfonamides is 1. The van der Waals surface area contributed by atoms with Crippen LogP contribution in [-0.4, -0.2) is 64.4 Å². The molecule has 0 radical (unpaired) electrons. The molecule has 0 bridgehead atoms. The lowest BCUT2D eigenvalue weighted by molar-refractivity contribution is -0.258. The third-order valence-corrected chi connectivity index (χ3v) is 8.93. The first-order valence-corrected chi connectivity index (χ1v) is 13.3. The van der Waals surface area contributed by atoms with Gasteiger partial charge in [0.1, 0.15) is 0 Å². The molecule has 7 nitrogen and oxygen atoms in total. The maximum Gasteiger partial charge on any atom is 0.421 e. The Hall–Kier alpha value is -2.15. The highest BCUT2D eigenvalue weighted by Gasteiger charge is 2.51. The van der Waals surface area contributed by atoms with Crippen LogP contribution in [0.1, 0.15) is 19.4 Å². The number of hydrogen-bond donors (Lipinski definition) is 1. The van der Waals surface area contributed by atoms with Gasteiger partial charge < -0.3 is 10.0 Å². The number of sulfone groups is 1. The number of hydrogen-bond acceptors (Lipinski definition) is 6. The van der Waals surface area contributed by atoms with Crippen molar-refractivity contribution >= 4 is 25.5 Å².